The summed E-state index contributed by atoms with van der Waals surface area (Å²) in [5, 5.41) is 8.11. The Bertz CT molecular complexity index is 867. The van der Waals surface area contributed by atoms with E-state index in [1.165, 1.54) is 25.3 Å². The largest absolute Gasteiger partial charge is 0.496 e. The Labute approximate surface area is 153 Å². The molecular weight excluding hydrogens is 354 g/mol. The number of nitrogens with two attached hydrogens (primary N) is 1. The topological polar surface area (TPSA) is 111 Å². The molecule has 0 fully saturated rings. The molecule has 0 saturated carbocycles. The number of nitrogens with one attached hydrogen (secondary N) is 1. The second-order valence-electron chi connectivity index (χ2n) is 6.35. The third kappa shape index (κ3) is 5.03. The number of sulfonamides is 1. The van der Waals surface area contributed by atoms with Crippen molar-refractivity contribution in [2.75, 3.05) is 7.11 Å². The van der Waals surface area contributed by atoms with Gasteiger partial charge in [0, 0.05) is 12.4 Å². The fraction of sp³-hybridized carbons (Fsp3) is 0.333. The van der Waals surface area contributed by atoms with E-state index in [4.69, 9.17) is 9.88 Å². The average molecular weight is 377 g/mol. The molecule has 1 aromatic heterocycles. The zero-order valence-electron chi connectivity index (χ0n) is 15.0. The number of nitrogens with zero attached hydrogens (tertiary/aromatic N) is 1. The van der Waals surface area contributed by atoms with Crippen LogP contribution in [0.5, 0.6) is 5.75 Å². The first-order valence-corrected chi connectivity index (χ1v) is 9.68. The lowest BCUT2D eigenvalue weighted by Crippen LogP contribution is -2.30. The molecule has 2 rings (SSSR count). The summed E-state index contributed by atoms with van der Waals surface area (Å²) in [4.78, 5) is 16.8. The van der Waals surface area contributed by atoms with Gasteiger partial charge >= 0.3 is 0 Å². The number of aromatic nitrogens is 1. The van der Waals surface area contributed by atoms with Crippen LogP contribution in [0.2, 0.25) is 0 Å². The van der Waals surface area contributed by atoms with Gasteiger partial charge in [0.25, 0.3) is 5.91 Å². The Morgan fingerprint density at radius 2 is 2.04 bits per heavy atom. The van der Waals surface area contributed by atoms with Crippen LogP contribution in [-0.4, -0.2) is 26.4 Å². The van der Waals surface area contributed by atoms with Crippen LogP contribution in [0, 0.1) is 5.92 Å². The molecule has 1 heterocycles. The van der Waals surface area contributed by atoms with E-state index in [2.05, 4.69) is 24.1 Å². The fourth-order valence-electron chi connectivity index (χ4n) is 2.61. The third-order valence-corrected chi connectivity index (χ3v) is 4.75. The number of primary sulfonamides is 1. The van der Waals surface area contributed by atoms with Crippen molar-refractivity contribution in [3.63, 3.8) is 0 Å². The van der Waals surface area contributed by atoms with Crippen molar-refractivity contribution in [2.45, 2.75) is 31.2 Å². The first kappa shape index (κ1) is 19.9. The van der Waals surface area contributed by atoms with Gasteiger partial charge in [0.1, 0.15) is 5.75 Å². The number of carbonyl (C=O) groups is 1. The molecule has 1 unspecified atom stereocenters. The Morgan fingerprint density at radius 1 is 1.31 bits per heavy atom. The smallest absolute Gasteiger partial charge is 0.255 e. The lowest BCUT2D eigenvalue weighted by molar-refractivity contribution is 0.0928. The van der Waals surface area contributed by atoms with Crippen LogP contribution < -0.4 is 15.2 Å². The van der Waals surface area contributed by atoms with E-state index in [1.807, 2.05) is 6.07 Å². The van der Waals surface area contributed by atoms with E-state index in [0.717, 1.165) is 5.56 Å². The molecule has 3 N–H and O–H groups in total. The van der Waals surface area contributed by atoms with Gasteiger partial charge < -0.3 is 10.1 Å². The molecule has 0 radical (unpaired) electrons. The minimum absolute atomic E-state index is 0.108. The van der Waals surface area contributed by atoms with Crippen molar-refractivity contribution >= 4 is 15.9 Å². The van der Waals surface area contributed by atoms with Crippen molar-refractivity contribution in [2.24, 2.45) is 11.1 Å². The number of pyridine rings is 1. The molecule has 1 atom stereocenters. The van der Waals surface area contributed by atoms with Gasteiger partial charge in [-0.1, -0.05) is 19.9 Å². The predicted molar refractivity (Wildman–Crippen MR) is 98.3 cm³/mol. The first-order valence-electron chi connectivity index (χ1n) is 8.14. The zero-order valence-corrected chi connectivity index (χ0v) is 15.8. The van der Waals surface area contributed by atoms with Crippen molar-refractivity contribution in [1.29, 1.82) is 0 Å². The first-order chi connectivity index (χ1) is 12.2. The van der Waals surface area contributed by atoms with E-state index in [-0.39, 0.29) is 22.3 Å². The van der Waals surface area contributed by atoms with Crippen LogP contribution in [0.4, 0.5) is 0 Å². The minimum Gasteiger partial charge on any atom is -0.496 e. The highest BCUT2D eigenvalue weighted by atomic mass is 32.2. The highest BCUT2D eigenvalue weighted by Crippen LogP contribution is 2.25. The number of methoxy groups -OCH3 is 1. The SMILES string of the molecule is COc1ccc(S(N)(=O)=O)cc1C(=O)NC(CC(C)C)c1cccnc1. The summed E-state index contributed by atoms with van der Waals surface area (Å²) < 4.78 is 28.4. The zero-order chi connectivity index (χ0) is 19.3. The van der Waals surface area contributed by atoms with Crippen LogP contribution >= 0.6 is 0 Å². The van der Waals surface area contributed by atoms with E-state index in [9.17, 15) is 13.2 Å². The van der Waals surface area contributed by atoms with E-state index >= 15 is 0 Å². The van der Waals surface area contributed by atoms with Crippen LogP contribution in [0.3, 0.4) is 0 Å². The number of ether oxygens (including phenoxy) is 1. The van der Waals surface area contributed by atoms with Gasteiger partial charge in [-0.3, -0.25) is 9.78 Å². The summed E-state index contributed by atoms with van der Waals surface area (Å²) in [6, 6.07) is 7.36. The van der Waals surface area contributed by atoms with Gasteiger partial charge in [-0.2, -0.15) is 0 Å². The van der Waals surface area contributed by atoms with E-state index in [1.54, 1.807) is 18.5 Å². The normalized spacial score (nSPS) is 12.7. The highest BCUT2D eigenvalue weighted by molar-refractivity contribution is 7.89. The maximum Gasteiger partial charge on any atom is 0.255 e. The molecule has 0 spiro atoms. The summed E-state index contributed by atoms with van der Waals surface area (Å²) in [6.07, 6.45) is 4.07. The second-order valence-corrected chi connectivity index (χ2v) is 7.91. The summed E-state index contributed by atoms with van der Waals surface area (Å²) in [7, 11) is -2.52. The van der Waals surface area contributed by atoms with Gasteiger partial charge in [-0.15, -0.1) is 0 Å². The summed E-state index contributed by atoms with van der Waals surface area (Å²) in [5.41, 5.74) is 0.979. The van der Waals surface area contributed by atoms with Crippen LogP contribution in [0.25, 0.3) is 0 Å². The van der Waals surface area contributed by atoms with Gasteiger partial charge in [-0.25, -0.2) is 13.6 Å². The van der Waals surface area contributed by atoms with Gasteiger partial charge in [0.15, 0.2) is 0 Å². The molecule has 26 heavy (non-hydrogen) atoms. The summed E-state index contributed by atoms with van der Waals surface area (Å²) in [5.74, 6) is 0.157. The summed E-state index contributed by atoms with van der Waals surface area (Å²) >= 11 is 0. The molecule has 0 saturated heterocycles. The van der Waals surface area contributed by atoms with Crippen LogP contribution in [0.15, 0.2) is 47.6 Å². The Hall–Kier alpha value is -2.45. The van der Waals surface area contributed by atoms with Crippen LogP contribution in [0.1, 0.15) is 42.2 Å². The second kappa shape index (κ2) is 8.29. The highest BCUT2D eigenvalue weighted by Gasteiger charge is 2.21. The lowest BCUT2D eigenvalue weighted by Gasteiger charge is -2.21. The molecule has 7 nitrogen and oxygen atoms in total. The average Bonchev–Trinajstić information content (AvgIpc) is 2.60. The summed E-state index contributed by atoms with van der Waals surface area (Å²) in [6.45, 7) is 4.11. The number of hydrogen-bond acceptors (Lipinski definition) is 5. The molecule has 0 aliphatic rings. The van der Waals surface area contributed by atoms with E-state index < -0.39 is 15.9 Å². The standard InChI is InChI=1S/C18H23N3O4S/c1-12(2)9-16(13-5-4-8-20-11-13)21-18(22)15-10-14(26(19,23)24)6-7-17(15)25-3/h4-8,10-12,16H,9H2,1-3H3,(H,21,22)(H2,19,23,24). The number of carbonyl (C=O) groups excluding carboxylic acids is 1. The lowest BCUT2D eigenvalue weighted by atomic mass is 9.97. The molecule has 0 aliphatic carbocycles. The van der Waals surface area contributed by atoms with Crippen molar-refractivity contribution in [3.05, 3.63) is 53.9 Å². The maximum atomic E-state index is 12.8. The molecule has 1 aromatic carbocycles. The number of amides is 1. The van der Waals surface area contributed by atoms with Crippen molar-refractivity contribution in [3.8, 4) is 5.75 Å². The van der Waals surface area contributed by atoms with Crippen molar-refractivity contribution in [1.82, 2.24) is 10.3 Å². The molecule has 0 aliphatic heterocycles. The van der Waals surface area contributed by atoms with Crippen molar-refractivity contribution < 1.29 is 17.9 Å². The van der Waals surface area contributed by atoms with E-state index in [0.29, 0.717) is 12.3 Å². The minimum atomic E-state index is -3.93. The Balaban J connectivity index is 2.37. The predicted octanol–water partition coefficient (Wildman–Crippen LogP) is 2.25. The molecule has 140 valence electrons. The fourth-order valence-corrected chi connectivity index (χ4v) is 3.15. The maximum absolute atomic E-state index is 12.8. The molecule has 2 aromatic rings. The number of benzene rings is 1. The monoisotopic (exact) mass is 377 g/mol. The molecular formula is C18H23N3O4S. The quantitative estimate of drug-likeness (QED) is 0.769. The van der Waals surface area contributed by atoms with Gasteiger partial charge in [-0.05, 0) is 42.2 Å². The Morgan fingerprint density at radius 3 is 2.58 bits per heavy atom. The molecule has 8 heteroatoms. The Kier molecular flexibility index (Phi) is 6.33. The number of hydrogen-bond donors (Lipinski definition) is 2. The van der Waals surface area contributed by atoms with Gasteiger partial charge in [0.2, 0.25) is 10.0 Å². The number of rotatable bonds is 7. The van der Waals surface area contributed by atoms with Gasteiger partial charge in [0.05, 0.1) is 23.6 Å². The molecule has 1 amide bonds. The third-order valence-electron chi connectivity index (χ3n) is 3.84. The molecule has 0 bridgehead atoms. The van der Waals surface area contributed by atoms with Crippen LogP contribution in [-0.2, 0) is 10.0 Å².